The van der Waals surface area contributed by atoms with Crippen LogP contribution >= 0.6 is 0 Å². The van der Waals surface area contributed by atoms with Gasteiger partial charge in [-0.05, 0) is 18.8 Å². The fraction of sp³-hybridized carbons (Fsp3) is 0.667. The molecule has 1 fully saturated rings. The summed E-state index contributed by atoms with van der Waals surface area (Å²) in [6.07, 6.45) is 3.67. The van der Waals surface area contributed by atoms with E-state index in [-0.39, 0.29) is 11.8 Å². The molecule has 1 atom stereocenters. The zero-order chi connectivity index (χ0) is 15.4. The lowest BCUT2D eigenvalue weighted by Gasteiger charge is -2.27. The molecular formula is C15H24N4O2. The molecule has 1 aliphatic heterocycles. The van der Waals surface area contributed by atoms with Crippen LogP contribution in [0.1, 0.15) is 48.9 Å². The number of rotatable bonds is 4. The maximum atomic E-state index is 12.5. The van der Waals surface area contributed by atoms with E-state index < -0.39 is 0 Å². The molecule has 0 bridgehead atoms. The molecule has 1 aromatic heterocycles. The van der Waals surface area contributed by atoms with Crippen LogP contribution in [0.2, 0.25) is 0 Å². The van der Waals surface area contributed by atoms with Gasteiger partial charge >= 0.3 is 0 Å². The van der Waals surface area contributed by atoms with Crippen LogP contribution in [0.3, 0.4) is 0 Å². The lowest BCUT2D eigenvalue weighted by atomic mass is 10.0. The van der Waals surface area contributed by atoms with E-state index >= 15 is 0 Å². The zero-order valence-corrected chi connectivity index (χ0v) is 13.0. The maximum Gasteiger partial charge on any atom is 0.274 e. The number of ether oxygens (including phenoxy) is 1. The summed E-state index contributed by atoms with van der Waals surface area (Å²) < 4.78 is 5.45. The molecule has 0 radical (unpaired) electrons. The van der Waals surface area contributed by atoms with Crippen LogP contribution < -0.4 is 5.73 Å². The van der Waals surface area contributed by atoms with Crippen molar-refractivity contribution in [2.24, 2.45) is 5.92 Å². The summed E-state index contributed by atoms with van der Waals surface area (Å²) in [4.78, 5) is 22.7. The molecule has 2 rings (SSSR count). The number of carbonyl (C=O) groups excluding carboxylic acids is 1. The number of carbonyl (C=O) groups is 1. The molecule has 2 N–H and O–H groups in total. The van der Waals surface area contributed by atoms with Crippen LogP contribution in [0.4, 0.5) is 5.69 Å². The molecule has 21 heavy (non-hydrogen) atoms. The molecule has 1 saturated heterocycles. The molecule has 1 unspecified atom stereocenters. The molecule has 116 valence electrons. The van der Waals surface area contributed by atoms with Gasteiger partial charge < -0.3 is 15.4 Å². The minimum atomic E-state index is -0.151. The quantitative estimate of drug-likeness (QED) is 0.913. The monoisotopic (exact) mass is 292 g/mol. The Morgan fingerprint density at radius 1 is 1.57 bits per heavy atom. The van der Waals surface area contributed by atoms with E-state index in [0.29, 0.717) is 36.3 Å². The number of anilines is 1. The molecule has 1 amide bonds. The highest BCUT2D eigenvalue weighted by molar-refractivity contribution is 5.96. The first-order chi connectivity index (χ1) is 9.99. The third kappa shape index (κ3) is 3.91. The molecule has 1 aromatic rings. The van der Waals surface area contributed by atoms with Crippen molar-refractivity contribution in [1.29, 1.82) is 0 Å². The van der Waals surface area contributed by atoms with Crippen molar-refractivity contribution in [1.82, 2.24) is 14.9 Å². The molecule has 1 aliphatic rings. The average Bonchev–Trinajstić information content (AvgIpc) is 2.47. The van der Waals surface area contributed by atoms with Crippen LogP contribution in [0, 0.1) is 5.92 Å². The Morgan fingerprint density at radius 3 is 2.95 bits per heavy atom. The van der Waals surface area contributed by atoms with Crippen LogP contribution in [-0.2, 0) is 4.74 Å². The first-order valence-electron chi connectivity index (χ1n) is 7.44. The van der Waals surface area contributed by atoms with E-state index in [1.807, 2.05) is 13.8 Å². The average molecular weight is 292 g/mol. The van der Waals surface area contributed by atoms with Gasteiger partial charge in [-0.2, -0.15) is 0 Å². The summed E-state index contributed by atoms with van der Waals surface area (Å²) in [5.41, 5.74) is 6.49. The molecule has 0 spiro atoms. The Kier molecular flexibility index (Phi) is 5.12. The minimum Gasteiger partial charge on any atom is -0.396 e. The third-order valence-electron chi connectivity index (χ3n) is 3.69. The first kappa shape index (κ1) is 15.7. The summed E-state index contributed by atoms with van der Waals surface area (Å²) >= 11 is 0. The number of nitrogen functional groups attached to an aromatic ring is 1. The van der Waals surface area contributed by atoms with Crippen LogP contribution in [0.5, 0.6) is 0 Å². The van der Waals surface area contributed by atoms with Crippen molar-refractivity contribution in [2.45, 2.75) is 32.6 Å². The van der Waals surface area contributed by atoms with E-state index in [4.69, 9.17) is 10.5 Å². The predicted octanol–water partition coefficient (Wildman–Crippen LogP) is 1.68. The Morgan fingerprint density at radius 2 is 2.33 bits per heavy atom. The van der Waals surface area contributed by atoms with Crippen molar-refractivity contribution in [3.05, 3.63) is 17.7 Å². The largest absolute Gasteiger partial charge is 0.396 e. The second-order valence-corrected chi connectivity index (χ2v) is 5.96. The normalized spacial score (nSPS) is 18.8. The summed E-state index contributed by atoms with van der Waals surface area (Å²) in [7, 11) is 1.79. The van der Waals surface area contributed by atoms with Crippen molar-refractivity contribution in [2.75, 3.05) is 32.5 Å². The van der Waals surface area contributed by atoms with Crippen molar-refractivity contribution in [3.8, 4) is 0 Å². The Balaban J connectivity index is 2.09. The highest BCUT2D eigenvalue weighted by Gasteiger charge is 2.22. The van der Waals surface area contributed by atoms with Gasteiger partial charge in [-0.3, -0.25) is 4.79 Å². The van der Waals surface area contributed by atoms with E-state index in [9.17, 15) is 4.79 Å². The second-order valence-electron chi connectivity index (χ2n) is 5.96. The molecule has 0 aromatic carbocycles. The third-order valence-corrected chi connectivity index (χ3v) is 3.69. The Hall–Kier alpha value is -1.69. The highest BCUT2D eigenvalue weighted by atomic mass is 16.5. The number of nitrogens with two attached hydrogens (primary N) is 1. The Bertz CT molecular complexity index is 498. The van der Waals surface area contributed by atoms with E-state index in [0.717, 1.165) is 19.4 Å². The maximum absolute atomic E-state index is 12.5. The number of amides is 1. The second kappa shape index (κ2) is 6.85. The van der Waals surface area contributed by atoms with Crippen LogP contribution in [0.15, 0.2) is 6.20 Å². The van der Waals surface area contributed by atoms with E-state index in [1.54, 1.807) is 11.9 Å². The molecule has 0 saturated carbocycles. The van der Waals surface area contributed by atoms with E-state index in [1.165, 1.54) is 6.20 Å². The SMILES string of the molecule is CC(C)c1ncc(N)c(C(=O)N(C)CC2CCCOC2)n1. The molecule has 6 heteroatoms. The lowest BCUT2D eigenvalue weighted by Crippen LogP contribution is -2.36. The fourth-order valence-corrected chi connectivity index (χ4v) is 2.46. The number of hydrogen-bond acceptors (Lipinski definition) is 5. The fourth-order valence-electron chi connectivity index (χ4n) is 2.46. The summed E-state index contributed by atoms with van der Waals surface area (Å²) in [5, 5.41) is 0. The van der Waals surface area contributed by atoms with Gasteiger partial charge in [0.05, 0.1) is 18.5 Å². The zero-order valence-electron chi connectivity index (χ0n) is 13.0. The van der Waals surface area contributed by atoms with Gasteiger partial charge in [0.1, 0.15) is 5.82 Å². The van der Waals surface area contributed by atoms with Gasteiger partial charge in [-0.1, -0.05) is 13.8 Å². The van der Waals surface area contributed by atoms with Gasteiger partial charge in [0.15, 0.2) is 5.69 Å². The molecular weight excluding hydrogens is 268 g/mol. The van der Waals surface area contributed by atoms with Crippen molar-refractivity contribution < 1.29 is 9.53 Å². The van der Waals surface area contributed by atoms with Gasteiger partial charge in [-0.15, -0.1) is 0 Å². The standard InChI is InChI=1S/C15H24N4O2/c1-10(2)14-17-7-12(16)13(18-14)15(20)19(3)8-11-5-4-6-21-9-11/h7,10-11H,4-6,8-9,16H2,1-3H3. The number of aromatic nitrogens is 2. The summed E-state index contributed by atoms with van der Waals surface area (Å²) in [6.45, 7) is 6.18. The van der Waals surface area contributed by atoms with Gasteiger partial charge in [0.25, 0.3) is 5.91 Å². The van der Waals surface area contributed by atoms with Crippen molar-refractivity contribution >= 4 is 11.6 Å². The lowest BCUT2D eigenvalue weighted by molar-refractivity contribution is 0.0387. The molecule has 6 nitrogen and oxygen atoms in total. The van der Waals surface area contributed by atoms with Crippen molar-refractivity contribution in [3.63, 3.8) is 0 Å². The highest BCUT2D eigenvalue weighted by Crippen LogP contribution is 2.18. The predicted molar refractivity (Wildman–Crippen MR) is 81.0 cm³/mol. The topological polar surface area (TPSA) is 81.3 Å². The van der Waals surface area contributed by atoms with Crippen LogP contribution in [0.25, 0.3) is 0 Å². The van der Waals surface area contributed by atoms with Gasteiger partial charge in [-0.25, -0.2) is 9.97 Å². The molecule has 2 heterocycles. The number of hydrogen-bond donors (Lipinski definition) is 1. The summed E-state index contributed by atoms with van der Waals surface area (Å²) in [6, 6.07) is 0. The smallest absolute Gasteiger partial charge is 0.274 e. The minimum absolute atomic E-state index is 0.151. The van der Waals surface area contributed by atoms with Gasteiger partial charge in [0, 0.05) is 26.1 Å². The van der Waals surface area contributed by atoms with Gasteiger partial charge in [0.2, 0.25) is 0 Å². The number of nitrogens with zero attached hydrogens (tertiary/aromatic N) is 3. The Labute approximate surface area is 125 Å². The van der Waals surface area contributed by atoms with Crippen LogP contribution in [-0.4, -0.2) is 47.6 Å². The van der Waals surface area contributed by atoms with E-state index in [2.05, 4.69) is 9.97 Å². The summed E-state index contributed by atoms with van der Waals surface area (Å²) in [5.74, 6) is 1.04. The molecule has 0 aliphatic carbocycles. The first-order valence-corrected chi connectivity index (χ1v) is 7.44.